The first-order valence-electron chi connectivity index (χ1n) is 10.1. The molecule has 0 aliphatic rings. The van der Waals surface area contributed by atoms with Crippen molar-refractivity contribution in [2.45, 2.75) is 32.9 Å². The van der Waals surface area contributed by atoms with Gasteiger partial charge < -0.3 is 9.72 Å². The summed E-state index contributed by atoms with van der Waals surface area (Å²) in [6, 6.07) is 14.4. The minimum absolute atomic E-state index is 0.270. The molecule has 0 aliphatic heterocycles. The molecule has 4 rings (SSSR count). The van der Waals surface area contributed by atoms with E-state index in [2.05, 4.69) is 33.9 Å². The average Bonchev–Trinajstić information content (AvgIpc) is 2.78. The van der Waals surface area contributed by atoms with E-state index in [1.165, 1.54) is 0 Å². The van der Waals surface area contributed by atoms with Gasteiger partial charge in [0.25, 0.3) is 5.56 Å². The highest BCUT2D eigenvalue weighted by Gasteiger charge is 2.13. The molecule has 0 fully saturated rings. The van der Waals surface area contributed by atoms with E-state index in [9.17, 15) is 4.79 Å². The number of nitrogens with zero attached hydrogens (tertiary/aromatic N) is 2. The number of ether oxygens (including phenoxy) is 1. The molecule has 5 nitrogen and oxygen atoms in total. The van der Waals surface area contributed by atoms with E-state index in [1.54, 1.807) is 36.4 Å². The van der Waals surface area contributed by atoms with Gasteiger partial charge in [-0.15, -0.1) is 0 Å². The van der Waals surface area contributed by atoms with E-state index >= 15 is 0 Å². The van der Waals surface area contributed by atoms with Crippen molar-refractivity contribution < 1.29 is 9.30 Å². The largest absolute Gasteiger partial charge is 0.488 e. The molecule has 7 heteroatoms. The fraction of sp³-hybridized carbons (Fsp3) is 0.208. The summed E-state index contributed by atoms with van der Waals surface area (Å²) in [6.07, 6.45) is 6.43. The highest BCUT2D eigenvalue weighted by Crippen LogP contribution is 2.31. The van der Waals surface area contributed by atoms with E-state index in [0.29, 0.717) is 44.7 Å². The Morgan fingerprint density at radius 3 is 2.55 bits per heavy atom. The lowest BCUT2D eigenvalue weighted by Gasteiger charge is -2.12. The van der Waals surface area contributed by atoms with Crippen molar-refractivity contribution in [3.63, 3.8) is 0 Å². The number of pyridine rings is 1. The molecule has 31 heavy (non-hydrogen) atoms. The number of fused-ring (bicyclic) bond motifs is 1. The molecule has 0 spiro atoms. The Hall–Kier alpha value is -2.89. The van der Waals surface area contributed by atoms with Crippen LogP contribution in [0.3, 0.4) is 0 Å². The molecule has 158 valence electrons. The summed E-state index contributed by atoms with van der Waals surface area (Å²) in [5, 5.41) is 1.44. The van der Waals surface area contributed by atoms with Crippen molar-refractivity contribution in [3.8, 4) is 17.1 Å². The second-order valence-electron chi connectivity index (χ2n) is 7.30. The number of aromatic nitrogens is 3. The predicted molar refractivity (Wildman–Crippen MR) is 124 cm³/mol. The summed E-state index contributed by atoms with van der Waals surface area (Å²) in [5.41, 5.74) is 1.94. The van der Waals surface area contributed by atoms with Gasteiger partial charge in [-0.2, -0.15) is 0 Å². The average molecular weight is 455 g/mol. The summed E-state index contributed by atoms with van der Waals surface area (Å²) in [6.45, 7) is 3.57. The zero-order valence-corrected chi connectivity index (χ0v) is 18.6. The molecule has 2 aromatic heterocycles. The van der Waals surface area contributed by atoms with Gasteiger partial charge in [-0.05, 0) is 36.4 Å². The predicted octanol–water partition coefficient (Wildman–Crippen LogP) is 5.56. The van der Waals surface area contributed by atoms with Crippen LogP contribution in [-0.2, 0) is 13.2 Å². The van der Waals surface area contributed by atoms with Crippen LogP contribution >= 0.6 is 23.2 Å². The molecule has 0 aliphatic carbocycles. The van der Waals surface area contributed by atoms with Crippen LogP contribution in [-0.4, -0.2) is 9.97 Å². The Balaban J connectivity index is 1.62. The van der Waals surface area contributed by atoms with Crippen LogP contribution in [0.1, 0.15) is 25.3 Å². The second-order valence-corrected chi connectivity index (χ2v) is 8.18. The number of hydrogen-bond donors (Lipinski definition) is 1. The number of aryl methyl sites for hydroxylation is 1. The first kappa shape index (κ1) is 21.3. The Morgan fingerprint density at radius 1 is 1.03 bits per heavy atom. The molecule has 0 unspecified atom stereocenters. The first-order valence-corrected chi connectivity index (χ1v) is 10.9. The van der Waals surface area contributed by atoms with Gasteiger partial charge >= 0.3 is 0 Å². The topological polar surface area (TPSA) is 58.9 Å². The lowest BCUT2D eigenvalue weighted by atomic mass is 10.1. The van der Waals surface area contributed by atoms with Crippen molar-refractivity contribution in [1.82, 2.24) is 9.97 Å². The number of rotatable bonds is 7. The zero-order chi connectivity index (χ0) is 21.8. The van der Waals surface area contributed by atoms with Crippen LogP contribution in [0.15, 0.2) is 65.7 Å². The smallest absolute Gasteiger partial charge is 0.259 e. The molecule has 0 atom stereocenters. The monoisotopic (exact) mass is 454 g/mol. The molecule has 2 aromatic carbocycles. The number of halogens is 2. The third-order valence-corrected chi connectivity index (χ3v) is 5.46. The van der Waals surface area contributed by atoms with E-state index in [-0.39, 0.29) is 5.56 Å². The SMILES string of the molecule is CCCC[n+]1ccc(COc2ccc(Cl)cc2-c2nc3ccc(Cl)cc3c(=O)[nH]2)cc1. The normalized spacial score (nSPS) is 11.1. The third kappa shape index (κ3) is 5.06. The fourth-order valence-corrected chi connectivity index (χ4v) is 3.63. The molecule has 2 heterocycles. The molecule has 0 bridgehead atoms. The fourth-order valence-electron chi connectivity index (χ4n) is 3.29. The Kier molecular flexibility index (Phi) is 6.54. The lowest BCUT2D eigenvalue weighted by Crippen LogP contribution is -2.32. The number of unbranched alkanes of at least 4 members (excludes halogenated alkanes) is 1. The van der Waals surface area contributed by atoms with E-state index < -0.39 is 0 Å². The van der Waals surface area contributed by atoms with Crippen molar-refractivity contribution >= 4 is 34.1 Å². The van der Waals surface area contributed by atoms with Gasteiger partial charge in [-0.3, -0.25) is 4.79 Å². The van der Waals surface area contributed by atoms with Crippen LogP contribution in [0, 0.1) is 0 Å². The molecule has 4 aromatic rings. The number of hydrogen-bond acceptors (Lipinski definition) is 3. The molecular weight excluding hydrogens is 433 g/mol. The minimum Gasteiger partial charge on any atom is -0.488 e. The molecule has 1 N–H and O–H groups in total. The van der Waals surface area contributed by atoms with Gasteiger partial charge in [0.1, 0.15) is 24.7 Å². The van der Waals surface area contributed by atoms with Gasteiger partial charge in [0.15, 0.2) is 12.4 Å². The second kappa shape index (κ2) is 9.50. The number of nitrogens with one attached hydrogen (secondary N) is 1. The number of aromatic amines is 1. The van der Waals surface area contributed by atoms with Crippen LogP contribution in [0.25, 0.3) is 22.3 Å². The van der Waals surface area contributed by atoms with Gasteiger partial charge in [0.05, 0.1) is 16.5 Å². The van der Waals surface area contributed by atoms with E-state index in [0.717, 1.165) is 24.9 Å². The van der Waals surface area contributed by atoms with Gasteiger partial charge in [-0.25, -0.2) is 9.55 Å². The maximum absolute atomic E-state index is 12.6. The van der Waals surface area contributed by atoms with Crippen molar-refractivity contribution in [2.75, 3.05) is 0 Å². The molecular formula is C24H22Cl2N3O2+. The summed E-state index contributed by atoms with van der Waals surface area (Å²) in [4.78, 5) is 20.0. The van der Waals surface area contributed by atoms with Gasteiger partial charge in [0, 0.05) is 34.2 Å². The minimum atomic E-state index is -0.270. The van der Waals surface area contributed by atoms with Gasteiger partial charge in [0.2, 0.25) is 0 Å². The van der Waals surface area contributed by atoms with Crippen molar-refractivity contribution in [2.24, 2.45) is 0 Å². The molecule has 0 amide bonds. The number of H-pyrrole nitrogens is 1. The lowest BCUT2D eigenvalue weighted by molar-refractivity contribution is -0.697. The van der Waals surface area contributed by atoms with Gasteiger partial charge in [-0.1, -0.05) is 36.5 Å². The highest BCUT2D eigenvalue weighted by molar-refractivity contribution is 6.31. The summed E-state index contributed by atoms with van der Waals surface area (Å²) >= 11 is 12.2. The maximum Gasteiger partial charge on any atom is 0.259 e. The van der Waals surface area contributed by atoms with Crippen molar-refractivity contribution in [1.29, 1.82) is 0 Å². The Bertz CT molecular complexity index is 1270. The number of benzene rings is 2. The third-order valence-electron chi connectivity index (χ3n) is 4.99. The highest BCUT2D eigenvalue weighted by atomic mass is 35.5. The molecule has 0 radical (unpaired) electrons. The standard InChI is InChI=1S/C24H21Cl2N3O2/c1-2-3-10-29-11-8-16(9-12-29)15-31-22-7-5-18(26)14-20(22)23-27-21-6-4-17(25)13-19(21)24(30)28-23/h4-9,11-14H,2-3,10,15H2,1H3/p+1. The summed E-state index contributed by atoms with van der Waals surface area (Å²) in [5.74, 6) is 0.978. The Morgan fingerprint density at radius 2 is 1.77 bits per heavy atom. The zero-order valence-electron chi connectivity index (χ0n) is 17.1. The van der Waals surface area contributed by atoms with Crippen LogP contribution in [0.2, 0.25) is 10.0 Å². The van der Waals surface area contributed by atoms with Crippen LogP contribution < -0.4 is 14.9 Å². The Labute approximate surface area is 190 Å². The first-order chi connectivity index (χ1) is 15.0. The molecule has 0 saturated heterocycles. The quantitative estimate of drug-likeness (QED) is 0.371. The summed E-state index contributed by atoms with van der Waals surface area (Å²) in [7, 11) is 0. The molecule has 0 saturated carbocycles. The van der Waals surface area contributed by atoms with Crippen LogP contribution in [0.5, 0.6) is 5.75 Å². The maximum atomic E-state index is 12.6. The van der Waals surface area contributed by atoms with E-state index in [1.807, 2.05) is 12.1 Å². The summed E-state index contributed by atoms with van der Waals surface area (Å²) < 4.78 is 8.24. The van der Waals surface area contributed by atoms with Crippen LogP contribution in [0.4, 0.5) is 0 Å². The van der Waals surface area contributed by atoms with Crippen molar-refractivity contribution in [3.05, 3.63) is 86.9 Å². The van der Waals surface area contributed by atoms with E-state index in [4.69, 9.17) is 27.9 Å².